The molecule has 1 rings (SSSR count). The Kier molecular flexibility index (Phi) is 3.65. The number of halogens is 1. The van der Waals surface area contributed by atoms with Gasteiger partial charge in [-0.15, -0.1) is 0 Å². The van der Waals surface area contributed by atoms with Crippen LogP contribution in [0.2, 0.25) is 5.02 Å². The Hall–Kier alpha value is -1.15. The summed E-state index contributed by atoms with van der Waals surface area (Å²) in [6, 6.07) is 5.60. The molecule has 1 aromatic carbocycles. The monoisotopic (exact) mass is 197 g/mol. The van der Waals surface area contributed by atoms with Gasteiger partial charge in [0.25, 0.3) is 0 Å². The summed E-state index contributed by atoms with van der Waals surface area (Å²) in [4.78, 5) is 0. The molecule has 0 aliphatic carbocycles. The molecule has 0 spiro atoms. The zero-order valence-corrected chi connectivity index (χ0v) is 8.21. The fraction of sp³-hybridized carbons (Fsp3) is 0.200. The lowest BCUT2D eigenvalue weighted by Gasteiger charge is -2.06. The molecule has 0 heterocycles. The molecule has 2 N–H and O–H groups in total. The van der Waals surface area contributed by atoms with Gasteiger partial charge in [0.15, 0.2) is 0 Å². The summed E-state index contributed by atoms with van der Waals surface area (Å²) in [6.45, 7) is 2.53. The standard InChI is InChI=1S/C10H12ClNO/c1-2-13-9-5-3-4-8(6-7-12)10(9)11/h3-7H,2,12H2,1H3/b7-6+. The minimum absolute atomic E-state index is 0.603. The van der Waals surface area contributed by atoms with Crippen LogP contribution < -0.4 is 10.5 Å². The van der Waals surface area contributed by atoms with E-state index in [0.717, 1.165) is 5.56 Å². The summed E-state index contributed by atoms with van der Waals surface area (Å²) in [6.07, 6.45) is 3.20. The van der Waals surface area contributed by atoms with Crippen LogP contribution in [-0.2, 0) is 0 Å². The summed E-state index contributed by atoms with van der Waals surface area (Å²) in [5.41, 5.74) is 6.14. The maximum Gasteiger partial charge on any atom is 0.138 e. The first-order valence-electron chi connectivity index (χ1n) is 4.09. The van der Waals surface area contributed by atoms with Gasteiger partial charge in [-0.1, -0.05) is 23.7 Å². The van der Waals surface area contributed by atoms with Crippen LogP contribution in [0.5, 0.6) is 5.75 Å². The molecule has 0 atom stereocenters. The first-order valence-corrected chi connectivity index (χ1v) is 4.47. The highest BCUT2D eigenvalue weighted by Gasteiger charge is 2.03. The lowest BCUT2D eigenvalue weighted by molar-refractivity contribution is 0.340. The van der Waals surface area contributed by atoms with E-state index >= 15 is 0 Å². The number of hydrogen-bond acceptors (Lipinski definition) is 2. The van der Waals surface area contributed by atoms with Gasteiger partial charge in [-0.3, -0.25) is 0 Å². The molecular weight excluding hydrogens is 186 g/mol. The van der Waals surface area contributed by atoms with Gasteiger partial charge in [0, 0.05) is 0 Å². The van der Waals surface area contributed by atoms with Gasteiger partial charge in [0.1, 0.15) is 5.75 Å². The first kappa shape index (κ1) is 9.93. The zero-order chi connectivity index (χ0) is 9.68. The van der Waals surface area contributed by atoms with Crippen molar-refractivity contribution in [1.29, 1.82) is 0 Å². The molecule has 0 radical (unpaired) electrons. The molecule has 0 aromatic heterocycles. The Labute approximate surface area is 83.0 Å². The summed E-state index contributed by atoms with van der Waals surface area (Å²) in [7, 11) is 0. The van der Waals surface area contributed by atoms with E-state index in [-0.39, 0.29) is 0 Å². The molecule has 0 amide bonds. The third-order valence-corrected chi connectivity index (χ3v) is 1.97. The van der Waals surface area contributed by atoms with Gasteiger partial charge < -0.3 is 10.5 Å². The number of benzene rings is 1. The lowest BCUT2D eigenvalue weighted by Crippen LogP contribution is -1.93. The van der Waals surface area contributed by atoms with Crippen molar-refractivity contribution in [2.24, 2.45) is 5.73 Å². The van der Waals surface area contributed by atoms with Crippen LogP contribution in [0.25, 0.3) is 6.08 Å². The second-order valence-corrected chi connectivity index (χ2v) is 2.83. The molecule has 0 bridgehead atoms. The van der Waals surface area contributed by atoms with Crippen molar-refractivity contribution in [3.05, 3.63) is 35.0 Å². The Balaban J connectivity index is 3.03. The fourth-order valence-electron chi connectivity index (χ4n) is 1.03. The average Bonchev–Trinajstić information content (AvgIpc) is 2.13. The van der Waals surface area contributed by atoms with Gasteiger partial charge >= 0.3 is 0 Å². The van der Waals surface area contributed by atoms with E-state index in [2.05, 4.69) is 0 Å². The van der Waals surface area contributed by atoms with Crippen LogP contribution in [0.3, 0.4) is 0 Å². The van der Waals surface area contributed by atoms with E-state index in [1.165, 1.54) is 6.20 Å². The van der Waals surface area contributed by atoms with Crippen LogP contribution in [0, 0.1) is 0 Å². The Morgan fingerprint density at radius 1 is 1.54 bits per heavy atom. The lowest BCUT2D eigenvalue weighted by atomic mass is 10.2. The highest BCUT2D eigenvalue weighted by atomic mass is 35.5. The predicted molar refractivity (Wildman–Crippen MR) is 55.8 cm³/mol. The summed E-state index contributed by atoms with van der Waals surface area (Å²) >= 11 is 6.03. The molecule has 2 nitrogen and oxygen atoms in total. The zero-order valence-electron chi connectivity index (χ0n) is 7.46. The highest BCUT2D eigenvalue weighted by molar-refractivity contribution is 6.33. The SMILES string of the molecule is CCOc1cccc(/C=C/N)c1Cl. The topological polar surface area (TPSA) is 35.2 Å². The molecule has 0 unspecified atom stereocenters. The third kappa shape index (κ3) is 2.39. The van der Waals surface area contributed by atoms with Gasteiger partial charge in [-0.05, 0) is 30.8 Å². The minimum atomic E-state index is 0.603. The predicted octanol–water partition coefficient (Wildman–Crippen LogP) is 2.67. The van der Waals surface area contributed by atoms with Crippen molar-refractivity contribution in [2.75, 3.05) is 6.61 Å². The molecule has 0 aliphatic heterocycles. The van der Waals surface area contributed by atoms with Crippen LogP contribution in [0.15, 0.2) is 24.4 Å². The normalized spacial score (nSPS) is 10.6. The second-order valence-electron chi connectivity index (χ2n) is 2.45. The van der Waals surface area contributed by atoms with Crippen molar-refractivity contribution in [2.45, 2.75) is 6.92 Å². The van der Waals surface area contributed by atoms with Crippen molar-refractivity contribution in [1.82, 2.24) is 0 Å². The molecule has 70 valence electrons. The molecule has 0 saturated heterocycles. The fourth-order valence-corrected chi connectivity index (χ4v) is 1.27. The van der Waals surface area contributed by atoms with E-state index in [9.17, 15) is 0 Å². The highest BCUT2D eigenvalue weighted by Crippen LogP contribution is 2.28. The summed E-state index contributed by atoms with van der Waals surface area (Å²) in [5, 5.41) is 0.603. The van der Waals surface area contributed by atoms with E-state index in [1.54, 1.807) is 6.08 Å². The second kappa shape index (κ2) is 4.77. The molecule has 3 heteroatoms. The Morgan fingerprint density at radius 3 is 2.92 bits per heavy atom. The molecule has 1 aromatic rings. The van der Waals surface area contributed by atoms with Crippen LogP contribution in [-0.4, -0.2) is 6.61 Å². The van der Waals surface area contributed by atoms with Crippen LogP contribution >= 0.6 is 11.6 Å². The van der Waals surface area contributed by atoms with Gasteiger partial charge in [-0.25, -0.2) is 0 Å². The molecular formula is C10H12ClNO. The molecule has 0 aliphatic rings. The number of rotatable bonds is 3. The van der Waals surface area contributed by atoms with Crippen molar-refractivity contribution < 1.29 is 4.74 Å². The van der Waals surface area contributed by atoms with E-state index in [0.29, 0.717) is 17.4 Å². The number of nitrogens with two attached hydrogens (primary N) is 1. The molecule has 13 heavy (non-hydrogen) atoms. The van der Waals surface area contributed by atoms with Gasteiger partial charge in [0.05, 0.1) is 11.6 Å². The molecule has 0 saturated carbocycles. The van der Waals surface area contributed by atoms with Gasteiger partial charge in [-0.2, -0.15) is 0 Å². The third-order valence-electron chi connectivity index (χ3n) is 1.57. The maximum atomic E-state index is 6.03. The van der Waals surface area contributed by atoms with Crippen LogP contribution in [0.4, 0.5) is 0 Å². The van der Waals surface area contributed by atoms with Gasteiger partial charge in [0.2, 0.25) is 0 Å². The minimum Gasteiger partial charge on any atom is -0.492 e. The number of hydrogen-bond donors (Lipinski definition) is 1. The Bertz CT molecular complexity index is 310. The summed E-state index contributed by atoms with van der Waals surface area (Å²) in [5.74, 6) is 0.694. The van der Waals surface area contributed by atoms with Crippen molar-refractivity contribution in [3.63, 3.8) is 0 Å². The molecule has 0 fully saturated rings. The maximum absolute atomic E-state index is 6.03. The van der Waals surface area contributed by atoms with E-state index in [1.807, 2.05) is 25.1 Å². The number of ether oxygens (including phenoxy) is 1. The summed E-state index contributed by atoms with van der Waals surface area (Å²) < 4.78 is 5.32. The smallest absolute Gasteiger partial charge is 0.138 e. The van der Waals surface area contributed by atoms with Crippen LogP contribution in [0.1, 0.15) is 12.5 Å². The quantitative estimate of drug-likeness (QED) is 0.809. The van der Waals surface area contributed by atoms with Crippen molar-refractivity contribution >= 4 is 17.7 Å². The Morgan fingerprint density at radius 2 is 2.31 bits per heavy atom. The van der Waals surface area contributed by atoms with Crippen molar-refractivity contribution in [3.8, 4) is 5.75 Å². The van der Waals surface area contributed by atoms with E-state index < -0.39 is 0 Å². The van der Waals surface area contributed by atoms with E-state index in [4.69, 9.17) is 22.1 Å². The largest absolute Gasteiger partial charge is 0.492 e. The first-order chi connectivity index (χ1) is 6.29. The average molecular weight is 198 g/mol.